The number of nitrogens with zero attached hydrogens (tertiary/aromatic N) is 1. The molecule has 0 aliphatic rings. The lowest BCUT2D eigenvalue weighted by Crippen LogP contribution is -2.36. The van der Waals surface area contributed by atoms with Gasteiger partial charge >= 0.3 is 5.69 Å². The van der Waals surface area contributed by atoms with Crippen molar-refractivity contribution in [3.8, 4) is 11.4 Å². The monoisotopic (exact) mass is 358 g/mol. The van der Waals surface area contributed by atoms with Gasteiger partial charge in [0.05, 0.1) is 18.4 Å². The molecule has 20 heavy (non-hydrogen) atoms. The number of hydrogen-bond donors (Lipinski definition) is 1. The average molecular weight is 360 g/mol. The van der Waals surface area contributed by atoms with Crippen LogP contribution >= 0.6 is 27.5 Å². The van der Waals surface area contributed by atoms with Crippen LogP contribution in [0.25, 0.3) is 5.69 Å². The topological polar surface area (TPSA) is 64.1 Å². The number of H-pyrrole nitrogens is 1. The Morgan fingerprint density at radius 2 is 2.05 bits per heavy atom. The molecule has 7 heteroatoms. The number of hydrogen-bond acceptors (Lipinski definition) is 3. The Balaban J connectivity index is 2.79. The van der Waals surface area contributed by atoms with Crippen molar-refractivity contribution >= 4 is 27.5 Å². The Bertz CT molecular complexity index is 767. The van der Waals surface area contributed by atoms with Gasteiger partial charge in [-0.1, -0.05) is 34.5 Å². The highest BCUT2D eigenvalue weighted by atomic mass is 79.9. The molecular formula is C13H12BrClN2O3. The van der Waals surface area contributed by atoms with Crippen molar-refractivity contribution in [2.24, 2.45) is 0 Å². The van der Waals surface area contributed by atoms with Crippen LogP contribution in [0, 0.1) is 0 Å². The minimum absolute atomic E-state index is 0.0840. The minimum Gasteiger partial charge on any atom is -0.497 e. The summed E-state index contributed by atoms with van der Waals surface area (Å²) < 4.78 is 6.87. The Labute approximate surface area is 128 Å². The normalized spacial score (nSPS) is 10.6. The molecule has 2 rings (SSSR count). The quantitative estimate of drug-likeness (QED) is 0.857. The molecule has 2 aromatic rings. The predicted molar refractivity (Wildman–Crippen MR) is 81.3 cm³/mol. The van der Waals surface area contributed by atoms with Gasteiger partial charge in [0, 0.05) is 10.5 Å². The van der Waals surface area contributed by atoms with E-state index in [1.54, 1.807) is 25.1 Å². The summed E-state index contributed by atoms with van der Waals surface area (Å²) in [4.78, 5) is 26.8. The number of nitrogens with one attached hydrogen (secondary N) is 1. The van der Waals surface area contributed by atoms with Gasteiger partial charge in [-0.3, -0.25) is 9.78 Å². The van der Waals surface area contributed by atoms with E-state index in [0.29, 0.717) is 27.9 Å². The van der Waals surface area contributed by atoms with Crippen LogP contribution in [0.4, 0.5) is 0 Å². The zero-order valence-corrected chi connectivity index (χ0v) is 13.2. The maximum atomic E-state index is 12.4. The molecule has 1 aromatic heterocycles. The lowest BCUT2D eigenvalue weighted by Gasteiger charge is -2.10. The van der Waals surface area contributed by atoms with Gasteiger partial charge in [-0.2, -0.15) is 0 Å². The molecule has 0 aliphatic heterocycles. The summed E-state index contributed by atoms with van der Waals surface area (Å²) in [5.74, 6) is 0.536. The van der Waals surface area contributed by atoms with E-state index >= 15 is 0 Å². The molecule has 106 valence electrons. The van der Waals surface area contributed by atoms with Crippen LogP contribution in [0.2, 0.25) is 5.15 Å². The summed E-state index contributed by atoms with van der Waals surface area (Å²) in [6, 6.07) is 5.00. The Morgan fingerprint density at radius 3 is 2.65 bits per heavy atom. The van der Waals surface area contributed by atoms with Crippen molar-refractivity contribution in [2.75, 3.05) is 7.11 Å². The van der Waals surface area contributed by atoms with Crippen molar-refractivity contribution in [1.29, 1.82) is 0 Å². The van der Waals surface area contributed by atoms with E-state index in [2.05, 4.69) is 20.9 Å². The van der Waals surface area contributed by atoms with Gasteiger partial charge < -0.3 is 4.74 Å². The first-order valence-electron chi connectivity index (χ1n) is 5.86. The van der Waals surface area contributed by atoms with Crippen LogP contribution in [0.15, 0.2) is 32.3 Å². The van der Waals surface area contributed by atoms with Crippen molar-refractivity contribution in [3.05, 3.63) is 54.2 Å². The molecular weight excluding hydrogens is 348 g/mol. The first-order chi connectivity index (χ1) is 9.47. The molecule has 0 bridgehead atoms. The molecule has 5 nitrogen and oxygen atoms in total. The van der Waals surface area contributed by atoms with Gasteiger partial charge in [0.25, 0.3) is 5.56 Å². The first kappa shape index (κ1) is 14.9. The number of aromatic amines is 1. The third-order valence-corrected chi connectivity index (χ3v) is 3.63. The summed E-state index contributed by atoms with van der Waals surface area (Å²) in [7, 11) is 1.51. The molecule has 0 fully saturated rings. The van der Waals surface area contributed by atoms with E-state index < -0.39 is 11.2 Å². The second-order valence-corrected chi connectivity index (χ2v) is 5.36. The summed E-state index contributed by atoms with van der Waals surface area (Å²) in [6.45, 7) is 1.80. The van der Waals surface area contributed by atoms with Crippen molar-refractivity contribution < 1.29 is 4.74 Å². The second kappa shape index (κ2) is 5.85. The summed E-state index contributed by atoms with van der Waals surface area (Å²) in [5.41, 5.74) is -0.238. The fourth-order valence-corrected chi connectivity index (χ4v) is 2.64. The number of aromatic nitrogens is 2. The van der Waals surface area contributed by atoms with Crippen LogP contribution in [0.1, 0.15) is 12.5 Å². The van der Waals surface area contributed by atoms with Crippen LogP contribution in [-0.4, -0.2) is 16.7 Å². The van der Waals surface area contributed by atoms with Gasteiger partial charge in [-0.25, -0.2) is 9.36 Å². The molecule has 1 heterocycles. The van der Waals surface area contributed by atoms with Gasteiger partial charge in [-0.15, -0.1) is 0 Å². The number of halogens is 2. The van der Waals surface area contributed by atoms with Crippen LogP contribution < -0.4 is 16.0 Å². The van der Waals surface area contributed by atoms with Crippen LogP contribution in [-0.2, 0) is 6.42 Å². The zero-order chi connectivity index (χ0) is 14.9. The van der Waals surface area contributed by atoms with Gasteiger partial charge in [-0.05, 0) is 18.6 Å². The van der Waals surface area contributed by atoms with E-state index in [-0.39, 0.29) is 5.15 Å². The summed E-state index contributed by atoms with van der Waals surface area (Å²) >= 11 is 9.20. The lowest BCUT2D eigenvalue weighted by atomic mass is 10.2. The predicted octanol–water partition coefficient (Wildman–Crippen LogP) is 2.51. The smallest absolute Gasteiger partial charge is 0.334 e. The van der Waals surface area contributed by atoms with Gasteiger partial charge in [0.1, 0.15) is 10.9 Å². The average Bonchev–Trinajstić information content (AvgIpc) is 2.37. The SMILES string of the molecule is CCc1c(Cl)[nH]c(=O)n(-c2cc(Br)cc(OC)c2)c1=O. The summed E-state index contributed by atoms with van der Waals surface area (Å²) in [5, 5.41) is 0.0840. The fourth-order valence-electron chi connectivity index (χ4n) is 1.88. The molecule has 1 N–H and O–H groups in total. The zero-order valence-electron chi connectivity index (χ0n) is 10.9. The van der Waals surface area contributed by atoms with Gasteiger partial charge in [0.2, 0.25) is 0 Å². The highest BCUT2D eigenvalue weighted by Crippen LogP contribution is 2.22. The molecule has 0 spiro atoms. The van der Waals surface area contributed by atoms with E-state index in [0.717, 1.165) is 4.57 Å². The maximum absolute atomic E-state index is 12.4. The lowest BCUT2D eigenvalue weighted by molar-refractivity contribution is 0.414. The first-order valence-corrected chi connectivity index (χ1v) is 7.03. The van der Waals surface area contributed by atoms with Crippen LogP contribution in [0.5, 0.6) is 5.75 Å². The Kier molecular flexibility index (Phi) is 4.35. The Hall–Kier alpha value is -1.53. The van der Waals surface area contributed by atoms with E-state index in [4.69, 9.17) is 16.3 Å². The van der Waals surface area contributed by atoms with Crippen molar-refractivity contribution in [1.82, 2.24) is 9.55 Å². The molecule has 0 saturated heterocycles. The third-order valence-electron chi connectivity index (χ3n) is 2.85. The van der Waals surface area contributed by atoms with Gasteiger partial charge in [0.15, 0.2) is 0 Å². The molecule has 0 aliphatic carbocycles. The third kappa shape index (κ3) is 2.66. The number of ether oxygens (including phenoxy) is 1. The minimum atomic E-state index is -0.586. The van der Waals surface area contributed by atoms with Crippen molar-refractivity contribution in [2.45, 2.75) is 13.3 Å². The van der Waals surface area contributed by atoms with E-state index in [1.807, 2.05) is 0 Å². The van der Waals surface area contributed by atoms with E-state index in [9.17, 15) is 9.59 Å². The molecule has 0 unspecified atom stereocenters. The Morgan fingerprint density at radius 1 is 1.35 bits per heavy atom. The number of benzene rings is 1. The summed E-state index contributed by atoms with van der Waals surface area (Å²) in [6.07, 6.45) is 0.430. The highest BCUT2D eigenvalue weighted by molar-refractivity contribution is 9.10. The van der Waals surface area contributed by atoms with E-state index in [1.165, 1.54) is 7.11 Å². The molecule has 0 radical (unpaired) electrons. The fraction of sp³-hybridized carbons (Fsp3) is 0.231. The standard InChI is InChI=1S/C13H12BrClN2O3/c1-3-10-11(15)16-13(19)17(12(10)18)8-4-7(14)5-9(6-8)20-2/h4-6H,3H2,1-2H3,(H,16,19). The molecule has 0 saturated carbocycles. The number of rotatable bonds is 3. The largest absolute Gasteiger partial charge is 0.497 e. The molecule has 0 amide bonds. The molecule has 0 atom stereocenters. The second-order valence-electron chi connectivity index (χ2n) is 4.07. The number of methoxy groups -OCH3 is 1. The highest BCUT2D eigenvalue weighted by Gasteiger charge is 2.13. The molecule has 1 aromatic carbocycles. The maximum Gasteiger partial charge on any atom is 0.334 e. The van der Waals surface area contributed by atoms with Crippen molar-refractivity contribution in [3.63, 3.8) is 0 Å². The van der Waals surface area contributed by atoms with Crippen LogP contribution in [0.3, 0.4) is 0 Å².